The second kappa shape index (κ2) is 10.7. The summed E-state index contributed by atoms with van der Waals surface area (Å²) in [7, 11) is 3.92. The van der Waals surface area contributed by atoms with E-state index in [9.17, 15) is 27.6 Å². The molecule has 0 aromatic heterocycles. The summed E-state index contributed by atoms with van der Waals surface area (Å²) >= 11 is 0. The molecule has 0 spiro atoms. The summed E-state index contributed by atoms with van der Waals surface area (Å²) in [5.74, 6) is 2.75. The van der Waals surface area contributed by atoms with Gasteiger partial charge in [-0.05, 0) is 90.2 Å². The number of halogens is 3. The molecule has 42 heavy (non-hydrogen) atoms. The van der Waals surface area contributed by atoms with Crippen molar-refractivity contribution >= 4 is 23.2 Å². The highest BCUT2D eigenvalue weighted by Gasteiger charge is 2.66. The molecule has 1 aromatic carbocycles. The molecule has 0 amide bonds. The number of carbonyl (C=O) groups excluding carboxylic acids is 3. The highest BCUT2D eigenvalue weighted by atomic mass is 19.4. The van der Waals surface area contributed by atoms with Gasteiger partial charge in [0.25, 0.3) is 0 Å². The standard InChI is InChI=1S/C34H38F3NO4/c1-20-16-27-29-12-13-33(14-15-34(35,36)37,30(41)19-42-21(2)39)32(29,3)18-28(22-6-8-23(9-7-22)38(4)5)31(27)25-11-10-24(40)17-26(20)25/h6-9,17,20,27-29H,10-13,16,18-19H2,1-5H3/t20?,27-,28+,29-,32-,33-/m0/s1. The van der Waals surface area contributed by atoms with Gasteiger partial charge in [0, 0.05) is 45.0 Å². The van der Waals surface area contributed by atoms with E-state index in [4.69, 9.17) is 4.74 Å². The molecule has 224 valence electrons. The van der Waals surface area contributed by atoms with Gasteiger partial charge in [0.1, 0.15) is 0 Å². The third-order valence-corrected chi connectivity index (χ3v) is 10.4. The summed E-state index contributed by atoms with van der Waals surface area (Å²) in [5.41, 5.74) is 3.14. The number of ketones is 2. The second-order valence-corrected chi connectivity index (χ2v) is 12.9. The van der Waals surface area contributed by atoms with Crippen molar-refractivity contribution in [3.8, 4) is 11.8 Å². The van der Waals surface area contributed by atoms with Crippen molar-refractivity contribution in [2.75, 3.05) is 25.6 Å². The fraction of sp³-hybridized carbons (Fsp3) is 0.559. The number of hydrogen-bond acceptors (Lipinski definition) is 5. The summed E-state index contributed by atoms with van der Waals surface area (Å²) in [6.07, 6.45) is 0.0429. The minimum atomic E-state index is -4.76. The van der Waals surface area contributed by atoms with Crippen LogP contribution >= 0.6 is 0 Å². The van der Waals surface area contributed by atoms with Gasteiger partial charge in [-0.3, -0.25) is 14.4 Å². The fourth-order valence-corrected chi connectivity index (χ4v) is 8.48. The number of allylic oxidation sites excluding steroid dienone is 4. The zero-order valence-electron chi connectivity index (χ0n) is 24.9. The Morgan fingerprint density at radius 3 is 2.45 bits per heavy atom. The van der Waals surface area contributed by atoms with Crippen LogP contribution in [-0.2, 0) is 19.1 Å². The number of esters is 1. The molecule has 2 saturated carbocycles. The van der Waals surface area contributed by atoms with E-state index in [0.717, 1.165) is 23.2 Å². The molecule has 0 heterocycles. The Balaban J connectivity index is 1.71. The molecule has 0 N–H and O–H groups in total. The number of fused-ring (bicyclic) bond motifs is 4. The molecule has 4 aliphatic carbocycles. The zero-order valence-corrected chi connectivity index (χ0v) is 24.9. The molecular formula is C34H38F3NO4. The van der Waals surface area contributed by atoms with Gasteiger partial charge < -0.3 is 9.64 Å². The lowest BCUT2D eigenvalue weighted by Gasteiger charge is -2.55. The van der Waals surface area contributed by atoms with Gasteiger partial charge in [-0.1, -0.05) is 37.5 Å². The number of anilines is 1. The van der Waals surface area contributed by atoms with Crippen LogP contribution in [0.2, 0.25) is 0 Å². The maximum absolute atomic E-state index is 13.9. The van der Waals surface area contributed by atoms with Crippen molar-refractivity contribution in [1.82, 2.24) is 0 Å². The smallest absolute Gasteiger partial charge is 0.457 e. The number of ether oxygens (including phenoxy) is 1. The Hall–Kier alpha value is -3.34. The molecule has 5 rings (SSSR count). The SMILES string of the molecule is CC(=O)OCC(=O)[C@@]1(C#CC(F)(F)F)CC[C@H]2[C@@H]3CC(C)C4=CC(=O)CCC4=C3[C@@H](c3ccc(N(C)C)cc3)C[C@@]21C. The van der Waals surface area contributed by atoms with Gasteiger partial charge in [0.2, 0.25) is 0 Å². The maximum Gasteiger partial charge on any atom is 0.457 e. The highest BCUT2D eigenvalue weighted by Crippen LogP contribution is 2.70. The van der Waals surface area contributed by atoms with Crippen molar-refractivity contribution < 1.29 is 32.3 Å². The molecular weight excluding hydrogens is 543 g/mol. The van der Waals surface area contributed by atoms with Crippen LogP contribution in [0, 0.1) is 40.4 Å². The summed E-state index contributed by atoms with van der Waals surface area (Å²) in [5, 5.41) is 0. The predicted molar refractivity (Wildman–Crippen MR) is 153 cm³/mol. The first-order chi connectivity index (χ1) is 19.7. The summed E-state index contributed by atoms with van der Waals surface area (Å²) in [6, 6.07) is 8.21. The topological polar surface area (TPSA) is 63.7 Å². The Morgan fingerprint density at radius 1 is 1.14 bits per heavy atom. The molecule has 0 aliphatic heterocycles. The van der Waals surface area contributed by atoms with E-state index in [1.165, 1.54) is 24.0 Å². The number of Topliss-reactive ketones (excluding diaryl/α,β-unsaturated/α-hetero) is 1. The number of alkyl halides is 3. The number of benzene rings is 1. The fourth-order valence-electron chi connectivity index (χ4n) is 8.48. The minimum Gasteiger partial charge on any atom is -0.458 e. The first-order valence-electron chi connectivity index (χ1n) is 14.7. The molecule has 0 radical (unpaired) electrons. The lowest BCUT2D eigenvalue weighted by molar-refractivity contribution is -0.150. The van der Waals surface area contributed by atoms with Crippen LogP contribution in [0.25, 0.3) is 0 Å². The normalized spacial score (nSPS) is 32.1. The number of rotatable bonds is 5. The number of hydrogen-bond donors (Lipinski definition) is 0. The molecule has 1 aromatic rings. The Morgan fingerprint density at radius 2 is 1.83 bits per heavy atom. The Kier molecular flexibility index (Phi) is 7.70. The number of nitrogens with zero attached hydrogens (tertiary/aromatic N) is 1. The van der Waals surface area contributed by atoms with Gasteiger partial charge in [0.05, 0.1) is 5.41 Å². The molecule has 5 nitrogen and oxygen atoms in total. The van der Waals surface area contributed by atoms with Gasteiger partial charge in [-0.25, -0.2) is 0 Å². The van der Waals surface area contributed by atoms with Crippen LogP contribution in [0.5, 0.6) is 0 Å². The lowest BCUT2D eigenvalue weighted by atomic mass is 9.47. The second-order valence-electron chi connectivity index (χ2n) is 12.9. The van der Waals surface area contributed by atoms with E-state index >= 15 is 0 Å². The highest BCUT2D eigenvalue weighted by molar-refractivity contribution is 5.93. The Labute approximate surface area is 245 Å². The van der Waals surface area contributed by atoms with Gasteiger partial charge >= 0.3 is 12.1 Å². The third-order valence-electron chi connectivity index (χ3n) is 10.4. The summed E-state index contributed by atoms with van der Waals surface area (Å²) < 4.78 is 45.8. The number of carbonyl (C=O) groups is 3. The molecule has 2 fully saturated rings. The van der Waals surface area contributed by atoms with Crippen LogP contribution in [-0.4, -0.2) is 44.4 Å². The first kappa shape index (κ1) is 30.1. The largest absolute Gasteiger partial charge is 0.458 e. The molecule has 6 atom stereocenters. The molecule has 0 saturated heterocycles. The third kappa shape index (κ3) is 5.09. The van der Waals surface area contributed by atoms with Gasteiger partial charge in [0.15, 0.2) is 18.2 Å². The predicted octanol–water partition coefficient (Wildman–Crippen LogP) is 6.58. The van der Waals surface area contributed by atoms with E-state index < -0.39 is 35.4 Å². The van der Waals surface area contributed by atoms with Gasteiger partial charge in [-0.15, -0.1) is 0 Å². The van der Waals surface area contributed by atoms with Crippen molar-refractivity contribution in [2.24, 2.45) is 28.6 Å². The van der Waals surface area contributed by atoms with Crippen molar-refractivity contribution in [3.63, 3.8) is 0 Å². The van der Waals surface area contributed by atoms with E-state index in [1.54, 1.807) is 6.08 Å². The Bertz CT molecular complexity index is 1430. The molecule has 1 unspecified atom stereocenters. The quantitative estimate of drug-likeness (QED) is 0.290. The van der Waals surface area contributed by atoms with E-state index in [2.05, 4.69) is 25.0 Å². The van der Waals surface area contributed by atoms with E-state index in [0.29, 0.717) is 25.7 Å². The zero-order chi connectivity index (χ0) is 30.6. The average Bonchev–Trinajstić information content (AvgIpc) is 3.23. The van der Waals surface area contributed by atoms with Crippen LogP contribution in [0.3, 0.4) is 0 Å². The molecule has 4 aliphatic rings. The minimum absolute atomic E-state index is 0.0358. The average molecular weight is 582 g/mol. The van der Waals surface area contributed by atoms with Gasteiger partial charge in [-0.2, -0.15) is 13.2 Å². The lowest BCUT2D eigenvalue weighted by Crippen LogP contribution is -2.52. The van der Waals surface area contributed by atoms with Crippen molar-refractivity contribution in [1.29, 1.82) is 0 Å². The van der Waals surface area contributed by atoms with Crippen molar-refractivity contribution in [2.45, 2.75) is 71.4 Å². The van der Waals surface area contributed by atoms with E-state index in [-0.39, 0.29) is 35.9 Å². The molecule has 8 heteroatoms. The summed E-state index contributed by atoms with van der Waals surface area (Å²) in [6.45, 7) is 4.63. The van der Waals surface area contributed by atoms with Crippen LogP contribution in [0.1, 0.15) is 70.8 Å². The van der Waals surface area contributed by atoms with Crippen LogP contribution in [0.4, 0.5) is 18.9 Å². The maximum atomic E-state index is 13.9. The van der Waals surface area contributed by atoms with E-state index in [1.807, 2.05) is 38.1 Å². The van der Waals surface area contributed by atoms with Crippen LogP contribution < -0.4 is 4.90 Å². The molecule has 0 bridgehead atoms. The monoisotopic (exact) mass is 581 g/mol. The summed E-state index contributed by atoms with van der Waals surface area (Å²) in [4.78, 5) is 40.0. The van der Waals surface area contributed by atoms with Crippen LogP contribution in [0.15, 0.2) is 47.1 Å². The first-order valence-corrected chi connectivity index (χ1v) is 14.7. The van der Waals surface area contributed by atoms with Crippen molar-refractivity contribution in [3.05, 3.63) is 52.6 Å².